The highest BCUT2D eigenvalue weighted by Crippen LogP contribution is 2.57. The lowest BCUT2D eigenvalue weighted by atomic mass is 9.35. The van der Waals surface area contributed by atoms with Crippen molar-refractivity contribution in [1.82, 2.24) is 24.9 Å². The molecule has 7 nitrogen and oxygen atoms in total. The van der Waals surface area contributed by atoms with E-state index in [9.17, 15) is 4.79 Å². The SMILES string of the molecule is CB1CC(NC(=O)c2cnn3ccc(NCc4cccnc4)nc23)C(C)(C)C1(C)C.CC. The molecule has 0 spiro atoms. The quantitative estimate of drug-likeness (QED) is 0.564. The Balaban J connectivity index is 0.00000141. The summed E-state index contributed by atoms with van der Waals surface area (Å²) in [6, 6.07) is 5.86. The average Bonchev–Trinajstić information content (AvgIpc) is 3.27. The van der Waals surface area contributed by atoms with Gasteiger partial charge in [0.15, 0.2) is 5.65 Å². The Bertz CT molecular complexity index is 1060. The lowest BCUT2D eigenvalue weighted by Crippen LogP contribution is -2.44. The average molecular weight is 434 g/mol. The highest BCUT2D eigenvalue weighted by molar-refractivity contribution is 6.62. The van der Waals surface area contributed by atoms with Crippen molar-refractivity contribution in [3.05, 3.63) is 54.1 Å². The van der Waals surface area contributed by atoms with Crippen LogP contribution in [0.3, 0.4) is 0 Å². The Labute approximate surface area is 191 Å². The zero-order valence-corrected chi connectivity index (χ0v) is 20.3. The van der Waals surface area contributed by atoms with Gasteiger partial charge in [-0.2, -0.15) is 5.10 Å². The third kappa shape index (κ3) is 4.36. The van der Waals surface area contributed by atoms with Crippen molar-refractivity contribution >= 4 is 24.1 Å². The van der Waals surface area contributed by atoms with E-state index >= 15 is 0 Å². The van der Waals surface area contributed by atoms with Gasteiger partial charge in [0.2, 0.25) is 0 Å². The van der Waals surface area contributed by atoms with E-state index in [1.165, 1.54) is 0 Å². The molecule has 1 aliphatic rings. The fourth-order valence-electron chi connectivity index (χ4n) is 4.33. The number of hydrogen-bond donors (Lipinski definition) is 2. The summed E-state index contributed by atoms with van der Waals surface area (Å²) in [4.78, 5) is 21.9. The molecule has 1 fully saturated rings. The van der Waals surface area contributed by atoms with Crippen LogP contribution in [0.4, 0.5) is 5.82 Å². The number of nitrogens with one attached hydrogen (secondary N) is 2. The molecule has 8 heteroatoms. The summed E-state index contributed by atoms with van der Waals surface area (Å²) in [5, 5.41) is 11.0. The summed E-state index contributed by atoms with van der Waals surface area (Å²) in [7, 11) is 0. The van der Waals surface area contributed by atoms with Gasteiger partial charge in [0.1, 0.15) is 18.1 Å². The molecule has 3 aromatic rings. The molecular weight excluding hydrogens is 399 g/mol. The number of hydrogen-bond acceptors (Lipinski definition) is 5. The number of amides is 1. The van der Waals surface area contributed by atoms with E-state index in [0.717, 1.165) is 11.9 Å². The summed E-state index contributed by atoms with van der Waals surface area (Å²) in [6.45, 7) is 16.5. The minimum atomic E-state index is -0.120. The molecule has 4 rings (SSSR count). The van der Waals surface area contributed by atoms with Crippen LogP contribution in [-0.2, 0) is 6.54 Å². The summed E-state index contributed by atoms with van der Waals surface area (Å²) in [6.07, 6.45) is 7.94. The second-order valence-corrected chi connectivity index (χ2v) is 9.46. The zero-order valence-electron chi connectivity index (χ0n) is 20.3. The maximum absolute atomic E-state index is 13.1. The first-order valence-corrected chi connectivity index (χ1v) is 11.5. The highest BCUT2D eigenvalue weighted by Gasteiger charge is 2.54. The Kier molecular flexibility index (Phi) is 6.91. The van der Waals surface area contributed by atoms with Gasteiger partial charge in [-0.25, -0.2) is 9.50 Å². The van der Waals surface area contributed by atoms with Gasteiger partial charge in [-0.05, 0) is 28.4 Å². The maximum atomic E-state index is 13.1. The Hall–Kier alpha value is -2.90. The summed E-state index contributed by atoms with van der Waals surface area (Å²) < 4.78 is 1.64. The van der Waals surface area contributed by atoms with Crippen molar-refractivity contribution in [3.8, 4) is 0 Å². The van der Waals surface area contributed by atoms with Crippen molar-refractivity contribution < 1.29 is 4.79 Å². The van der Waals surface area contributed by atoms with Crippen LogP contribution < -0.4 is 10.6 Å². The first-order chi connectivity index (χ1) is 15.2. The third-order valence-electron chi connectivity index (χ3n) is 7.47. The molecule has 1 saturated heterocycles. The van der Waals surface area contributed by atoms with Crippen LogP contribution in [0, 0.1) is 5.41 Å². The molecule has 1 atom stereocenters. The summed E-state index contributed by atoms with van der Waals surface area (Å²) in [5.74, 6) is 0.571. The van der Waals surface area contributed by atoms with Gasteiger partial charge in [-0.15, -0.1) is 0 Å². The van der Waals surface area contributed by atoms with E-state index in [4.69, 9.17) is 0 Å². The number of fused-ring (bicyclic) bond motifs is 1. The normalized spacial score (nSPS) is 18.7. The zero-order chi connectivity index (χ0) is 23.5. The maximum Gasteiger partial charge on any atom is 0.256 e. The van der Waals surface area contributed by atoms with E-state index in [2.05, 4.69) is 60.2 Å². The van der Waals surface area contributed by atoms with E-state index in [1.54, 1.807) is 16.9 Å². The lowest BCUT2D eigenvalue weighted by Gasteiger charge is -2.41. The van der Waals surface area contributed by atoms with Crippen molar-refractivity contribution in [2.45, 2.75) is 72.6 Å². The smallest absolute Gasteiger partial charge is 0.256 e. The number of nitrogens with zero attached hydrogens (tertiary/aromatic N) is 4. The van der Waals surface area contributed by atoms with E-state index < -0.39 is 0 Å². The number of pyridine rings is 1. The molecule has 2 N–H and O–H groups in total. The van der Waals surface area contributed by atoms with Crippen LogP contribution in [0.15, 0.2) is 43.0 Å². The Morgan fingerprint density at radius 1 is 1.22 bits per heavy atom. The molecule has 0 saturated carbocycles. The van der Waals surface area contributed by atoms with Crippen LogP contribution in [0.5, 0.6) is 0 Å². The van der Waals surface area contributed by atoms with Crippen LogP contribution in [0.1, 0.15) is 57.5 Å². The molecule has 4 heterocycles. The molecule has 1 aliphatic heterocycles. The largest absolute Gasteiger partial charge is 0.366 e. The van der Waals surface area contributed by atoms with Gasteiger partial charge in [0, 0.05) is 31.2 Å². The number of anilines is 1. The molecule has 0 bridgehead atoms. The minimum absolute atomic E-state index is 0.00505. The van der Waals surface area contributed by atoms with Crippen molar-refractivity contribution in [2.24, 2.45) is 5.41 Å². The van der Waals surface area contributed by atoms with Crippen LogP contribution >= 0.6 is 0 Å². The lowest BCUT2D eigenvalue weighted by molar-refractivity contribution is 0.0897. The Morgan fingerprint density at radius 3 is 2.59 bits per heavy atom. The fourth-order valence-corrected chi connectivity index (χ4v) is 4.33. The predicted octanol–water partition coefficient (Wildman–Crippen LogP) is 4.81. The third-order valence-corrected chi connectivity index (χ3v) is 7.47. The summed E-state index contributed by atoms with van der Waals surface area (Å²) >= 11 is 0. The van der Waals surface area contributed by atoms with Gasteiger partial charge in [-0.1, -0.05) is 60.8 Å². The van der Waals surface area contributed by atoms with E-state index in [0.29, 0.717) is 30.3 Å². The summed E-state index contributed by atoms with van der Waals surface area (Å²) in [5.41, 5.74) is 2.10. The van der Waals surface area contributed by atoms with E-state index in [1.807, 2.05) is 44.4 Å². The number of rotatable bonds is 5. The molecule has 0 aliphatic carbocycles. The molecule has 3 aromatic heterocycles. The second kappa shape index (κ2) is 9.31. The first kappa shape index (κ1) is 23.8. The minimum Gasteiger partial charge on any atom is -0.366 e. The number of carbonyl (C=O) groups excluding carboxylic acids is 1. The molecule has 170 valence electrons. The van der Waals surface area contributed by atoms with Gasteiger partial charge < -0.3 is 10.6 Å². The van der Waals surface area contributed by atoms with E-state index in [-0.39, 0.29) is 22.7 Å². The standard InChI is InChI=1S/C22H29BN6O.C2H6/c1-21(2)17(11-23(5)22(21,3)4)27-20(30)16-14-26-29-10-8-18(28-19(16)29)25-13-15-7-6-9-24-12-15;1-2/h6-10,12,14,17H,11,13H2,1-5H3,(H,25,28)(H,27,30);1-2H3. The molecule has 1 amide bonds. The Morgan fingerprint density at radius 2 is 1.97 bits per heavy atom. The highest BCUT2D eigenvalue weighted by atomic mass is 16.1. The molecule has 0 aromatic carbocycles. The van der Waals surface area contributed by atoms with Gasteiger partial charge >= 0.3 is 0 Å². The monoisotopic (exact) mass is 434 g/mol. The molecule has 1 unspecified atom stereocenters. The van der Waals surface area contributed by atoms with Gasteiger partial charge in [-0.3, -0.25) is 9.78 Å². The second-order valence-electron chi connectivity index (χ2n) is 9.46. The fraction of sp³-hybridized carbons (Fsp3) is 0.500. The van der Waals surface area contributed by atoms with Crippen molar-refractivity contribution in [3.63, 3.8) is 0 Å². The first-order valence-electron chi connectivity index (χ1n) is 11.5. The topological polar surface area (TPSA) is 84.2 Å². The number of carbonyl (C=O) groups is 1. The van der Waals surface area contributed by atoms with Crippen LogP contribution in [0.25, 0.3) is 5.65 Å². The van der Waals surface area contributed by atoms with Crippen molar-refractivity contribution in [2.75, 3.05) is 5.32 Å². The molecule has 0 radical (unpaired) electrons. The van der Waals surface area contributed by atoms with Gasteiger partial charge in [0.25, 0.3) is 5.91 Å². The molecular formula is C24H35BN6O. The number of aromatic nitrogens is 4. The van der Waals surface area contributed by atoms with Crippen LogP contribution in [0.2, 0.25) is 18.5 Å². The van der Waals surface area contributed by atoms with Gasteiger partial charge in [0.05, 0.1) is 6.20 Å². The predicted molar refractivity (Wildman–Crippen MR) is 131 cm³/mol. The van der Waals surface area contributed by atoms with Crippen LogP contribution in [-0.4, -0.2) is 38.2 Å². The molecule has 32 heavy (non-hydrogen) atoms. The van der Waals surface area contributed by atoms with Crippen molar-refractivity contribution in [1.29, 1.82) is 0 Å².